The van der Waals surface area contributed by atoms with Crippen LogP contribution in [0.3, 0.4) is 0 Å². The van der Waals surface area contributed by atoms with Crippen LogP contribution in [0, 0.1) is 5.92 Å². The maximum atomic E-state index is 11.4. The number of carbonyl (C=O) groups excluding carboxylic acids is 1. The molecule has 0 aromatic rings. The van der Waals surface area contributed by atoms with Gasteiger partial charge in [-0.05, 0) is 37.7 Å². The molecule has 0 aromatic carbocycles. The first-order valence-corrected chi connectivity index (χ1v) is 6.27. The lowest BCUT2D eigenvalue weighted by atomic mass is 9.80. The summed E-state index contributed by atoms with van der Waals surface area (Å²) in [5.74, 6) is -1.54. The van der Waals surface area contributed by atoms with Gasteiger partial charge >= 0.3 is 0 Å². The molecule has 1 aliphatic rings. The first-order valence-electron chi connectivity index (χ1n) is 6.27. The molecule has 0 radical (unpaired) electrons. The lowest BCUT2D eigenvalue weighted by molar-refractivity contribution is -0.126. The summed E-state index contributed by atoms with van der Waals surface area (Å²) in [5.41, 5.74) is 3.97. The zero-order valence-corrected chi connectivity index (χ0v) is 11.0. The molecule has 0 saturated carbocycles. The van der Waals surface area contributed by atoms with Crippen molar-refractivity contribution in [3.63, 3.8) is 0 Å². The second kappa shape index (κ2) is 6.02. The Hall–Kier alpha value is -1.33. The molecule has 2 atom stereocenters. The first kappa shape index (κ1) is 14.7. The fraction of sp³-hybridized carbons (Fsp3) is 0.615. The van der Waals surface area contributed by atoms with Crippen LogP contribution in [-0.4, -0.2) is 46.3 Å². The molecule has 0 heterocycles. The molecule has 0 aromatic heterocycles. The van der Waals surface area contributed by atoms with Crippen LogP contribution in [-0.2, 0) is 4.79 Å². The third-order valence-corrected chi connectivity index (χ3v) is 3.45. The summed E-state index contributed by atoms with van der Waals surface area (Å²) in [7, 11) is 0. The van der Waals surface area contributed by atoms with E-state index >= 15 is 0 Å². The van der Waals surface area contributed by atoms with Crippen molar-refractivity contribution in [1.29, 1.82) is 0 Å². The minimum Gasteiger partial charge on any atom is -0.508 e. The van der Waals surface area contributed by atoms with E-state index in [1.165, 1.54) is 18.2 Å². The van der Waals surface area contributed by atoms with Gasteiger partial charge in [-0.2, -0.15) is 0 Å². The van der Waals surface area contributed by atoms with Crippen molar-refractivity contribution in [1.82, 2.24) is 4.90 Å². The molecule has 0 fully saturated rings. The highest BCUT2D eigenvalue weighted by atomic mass is 16.3. The summed E-state index contributed by atoms with van der Waals surface area (Å²) in [6, 6.07) is 0. The van der Waals surface area contributed by atoms with Crippen LogP contribution in [0.5, 0.6) is 0 Å². The summed E-state index contributed by atoms with van der Waals surface area (Å²) in [6.45, 7) is 6.53. The quantitative estimate of drug-likeness (QED) is 0.646. The summed E-state index contributed by atoms with van der Waals surface area (Å²) in [5, 5.41) is 19.9. The van der Waals surface area contributed by atoms with Gasteiger partial charge in [0.2, 0.25) is 5.91 Å². The minimum absolute atomic E-state index is 0.0358. The Balaban J connectivity index is 2.77. The summed E-state index contributed by atoms with van der Waals surface area (Å²) in [6.07, 6.45) is 4.58. The van der Waals surface area contributed by atoms with Gasteiger partial charge in [-0.15, -0.1) is 0 Å². The Labute approximate surface area is 108 Å². The smallest absolute Gasteiger partial charge is 0.227 e. The molecule has 1 rings (SSSR count). The highest BCUT2D eigenvalue weighted by Crippen LogP contribution is 2.29. The third kappa shape index (κ3) is 3.34. The molecule has 5 nitrogen and oxygen atoms in total. The first-order chi connectivity index (χ1) is 8.42. The van der Waals surface area contributed by atoms with Crippen LogP contribution in [0.1, 0.15) is 20.3 Å². The molecular formula is C13H22N2O3. The van der Waals surface area contributed by atoms with Crippen molar-refractivity contribution < 1.29 is 15.0 Å². The number of nitrogens with two attached hydrogens (primary N) is 1. The number of hydrogen-bond donors (Lipinski definition) is 3. The van der Waals surface area contributed by atoms with Gasteiger partial charge in [-0.1, -0.05) is 13.8 Å². The number of carbonyl (C=O) groups is 1. The maximum Gasteiger partial charge on any atom is 0.227 e. The van der Waals surface area contributed by atoms with Crippen molar-refractivity contribution in [2.24, 2.45) is 11.7 Å². The molecule has 4 N–H and O–H groups in total. The average molecular weight is 254 g/mol. The van der Waals surface area contributed by atoms with Crippen molar-refractivity contribution in [3.8, 4) is 0 Å². The third-order valence-electron chi connectivity index (χ3n) is 3.45. The predicted molar refractivity (Wildman–Crippen MR) is 69.9 cm³/mol. The monoisotopic (exact) mass is 254 g/mol. The summed E-state index contributed by atoms with van der Waals surface area (Å²) >= 11 is 0. The largest absolute Gasteiger partial charge is 0.508 e. The predicted octanol–water partition coefficient (Wildman–Crippen LogP) is 0.563. The van der Waals surface area contributed by atoms with Crippen molar-refractivity contribution in [3.05, 3.63) is 24.0 Å². The van der Waals surface area contributed by atoms with Gasteiger partial charge in [0.05, 0.1) is 11.5 Å². The zero-order chi connectivity index (χ0) is 13.8. The van der Waals surface area contributed by atoms with Gasteiger partial charge in [0.15, 0.2) is 0 Å². The Morgan fingerprint density at radius 3 is 2.61 bits per heavy atom. The fourth-order valence-electron chi connectivity index (χ4n) is 2.15. The van der Waals surface area contributed by atoms with E-state index in [-0.39, 0.29) is 5.76 Å². The summed E-state index contributed by atoms with van der Waals surface area (Å²) in [4.78, 5) is 13.5. The number of amides is 1. The van der Waals surface area contributed by atoms with Crippen LogP contribution in [0.2, 0.25) is 0 Å². The number of nitrogens with zero attached hydrogens (tertiary/aromatic N) is 1. The molecule has 0 spiro atoms. The molecule has 102 valence electrons. The fourth-order valence-corrected chi connectivity index (χ4v) is 2.15. The van der Waals surface area contributed by atoms with Gasteiger partial charge in [0.25, 0.3) is 0 Å². The highest BCUT2D eigenvalue weighted by molar-refractivity contribution is 5.81. The van der Waals surface area contributed by atoms with Crippen molar-refractivity contribution in [2.45, 2.75) is 25.9 Å². The van der Waals surface area contributed by atoms with Crippen LogP contribution in [0.15, 0.2) is 24.0 Å². The Morgan fingerprint density at radius 2 is 2.11 bits per heavy atom. The summed E-state index contributed by atoms with van der Waals surface area (Å²) < 4.78 is 0. The van der Waals surface area contributed by atoms with Gasteiger partial charge in [0.1, 0.15) is 5.76 Å². The Morgan fingerprint density at radius 1 is 1.50 bits per heavy atom. The molecule has 1 amide bonds. The minimum atomic E-state index is -1.30. The normalized spacial score (nSPS) is 27.3. The molecule has 5 heteroatoms. The van der Waals surface area contributed by atoms with Crippen molar-refractivity contribution in [2.75, 3.05) is 19.6 Å². The number of primary amides is 1. The van der Waals surface area contributed by atoms with E-state index in [0.717, 1.165) is 13.1 Å². The van der Waals surface area contributed by atoms with Gasteiger partial charge < -0.3 is 20.8 Å². The Kier molecular flexibility index (Phi) is 4.93. The maximum absolute atomic E-state index is 11.4. The van der Waals surface area contributed by atoms with E-state index in [1.807, 2.05) is 13.8 Å². The Bertz CT molecular complexity index is 361. The zero-order valence-electron chi connectivity index (χ0n) is 11.0. The molecule has 0 aliphatic heterocycles. The standard InChI is InChI=1S/C13H22N2O3/c1-3-15(4-2)8-7-13(18)6-5-10(16)9-11(13)12(14)17/h5-6,9,11,16,18H,3-4,7-8H2,1-2H3,(H2,14,17). The van der Waals surface area contributed by atoms with Gasteiger partial charge in [0, 0.05) is 6.54 Å². The molecule has 0 bridgehead atoms. The van der Waals surface area contributed by atoms with Crippen LogP contribution >= 0.6 is 0 Å². The van der Waals surface area contributed by atoms with Crippen LogP contribution in [0.4, 0.5) is 0 Å². The molecule has 2 unspecified atom stereocenters. The van der Waals surface area contributed by atoms with Gasteiger partial charge in [-0.3, -0.25) is 4.79 Å². The topological polar surface area (TPSA) is 86.8 Å². The number of aliphatic hydroxyl groups excluding tert-OH is 1. The molecule has 1 aliphatic carbocycles. The lowest BCUT2D eigenvalue weighted by Gasteiger charge is -2.34. The number of aliphatic hydroxyl groups is 2. The van der Waals surface area contributed by atoms with E-state index in [4.69, 9.17) is 5.73 Å². The van der Waals surface area contributed by atoms with Crippen LogP contribution in [0.25, 0.3) is 0 Å². The molecule has 0 saturated heterocycles. The van der Waals surface area contributed by atoms with E-state index in [9.17, 15) is 15.0 Å². The number of hydrogen-bond acceptors (Lipinski definition) is 4. The number of allylic oxidation sites excluding steroid dienone is 1. The second-order valence-corrected chi connectivity index (χ2v) is 4.57. The van der Waals surface area contributed by atoms with E-state index < -0.39 is 17.4 Å². The highest BCUT2D eigenvalue weighted by Gasteiger charge is 2.39. The number of rotatable bonds is 6. The molecule has 18 heavy (non-hydrogen) atoms. The van der Waals surface area contributed by atoms with Crippen LogP contribution < -0.4 is 5.73 Å². The van der Waals surface area contributed by atoms with Gasteiger partial charge in [-0.25, -0.2) is 0 Å². The van der Waals surface area contributed by atoms with E-state index in [2.05, 4.69) is 4.90 Å². The SMILES string of the molecule is CCN(CC)CCC1(O)C=CC(O)=CC1C(N)=O. The van der Waals surface area contributed by atoms with Crippen molar-refractivity contribution >= 4 is 5.91 Å². The lowest BCUT2D eigenvalue weighted by Crippen LogP contribution is -2.46. The van der Waals surface area contributed by atoms with E-state index in [1.54, 1.807) is 0 Å². The average Bonchev–Trinajstić information content (AvgIpc) is 2.33. The molecular weight excluding hydrogens is 232 g/mol. The van der Waals surface area contributed by atoms with E-state index in [0.29, 0.717) is 13.0 Å². The second-order valence-electron chi connectivity index (χ2n) is 4.57.